The molecule has 0 aliphatic heterocycles. The average Bonchev–Trinajstić information content (AvgIpc) is 3.20. The van der Waals surface area contributed by atoms with E-state index >= 15 is 0 Å². The van der Waals surface area contributed by atoms with E-state index in [4.69, 9.17) is 4.74 Å². The number of nitriles is 1. The van der Waals surface area contributed by atoms with Crippen molar-refractivity contribution in [1.82, 2.24) is 0 Å². The van der Waals surface area contributed by atoms with Gasteiger partial charge in [-0.05, 0) is 47.7 Å². The molecular formula is C20H16N2O2S. The molecule has 2 aromatic carbocycles. The van der Waals surface area contributed by atoms with Crippen molar-refractivity contribution in [3.8, 4) is 11.8 Å². The molecular weight excluding hydrogens is 332 g/mol. The second kappa shape index (κ2) is 6.58. The molecule has 3 aromatic rings. The molecule has 0 spiro atoms. The van der Waals surface area contributed by atoms with Crippen LogP contribution < -0.4 is 10.1 Å². The summed E-state index contributed by atoms with van der Waals surface area (Å²) in [5.74, 6) is 0.410. The maximum Gasteiger partial charge on any atom is 0.262 e. The number of benzene rings is 2. The number of hydrogen-bond acceptors (Lipinski definition) is 4. The van der Waals surface area contributed by atoms with Crippen molar-refractivity contribution in [2.75, 3.05) is 11.9 Å². The topological polar surface area (TPSA) is 62.1 Å². The molecule has 1 aliphatic rings. The van der Waals surface area contributed by atoms with E-state index in [9.17, 15) is 10.1 Å². The van der Waals surface area contributed by atoms with Crippen LogP contribution >= 0.6 is 11.3 Å². The summed E-state index contributed by atoms with van der Waals surface area (Å²) in [4.78, 5) is 13.4. The second-order valence-corrected chi connectivity index (χ2v) is 7.12. The molecule has 25 heavy (non-hydrogen) atoms. The van der Waals surface area contributed by atoms with Gasteiger partial charge < -0.3 is 10.1 Å². The number of amides is 1. The summed E-state index contributed by atoms with van der Waals surface area (Å²) in [6.07, 6.45) is 3.02. The first-order chi connectivity index (χ1) is 12.2. The van der Waals surface area contributed by atoms with Gasteiger partial charge >= 0.3 is 0 Å². The molecule has 124 valence electrons. The molecule has 1 aliphatic carbocycles. The minimum absolute atomic E-state index is 0.0776. The summed E-state index contributed by atoms with van der Waals surface area (Å²) in [7, 11) is 0. The Labute approximate surface area is 149 Å². The van der Waals surface area contributed by atoms with Gasteiger partial charge in [0.05, 0.1) is 5.56 Å². The van der Waals surface area contributed by atoms with E-state index < -0.39 is 0 Å². The van der Waals surface area contributed by atoms with Crippen molar-refractivity contribution in [2.24, 2.45) is 0 Å². The van der Waals surface area contributed by atoms with Crippen molar-refractivity contribution >= 4 is 33.0 Å². The number of thiophene rings is 1. The summed E-state index contributed by atoms with van der Waals surface area (Å²) < 4.78 is 5.61. The zero-order chi connectivity index (χ0) is 17.2. The van der Waals surface area contributed by atoms with Crippen molar-refractivity contribution in [2.45, 2.75) is 19.3 Å². The number of aryl methyl sites for hydroxylation is 1. The number of fused-ring (bicyclic) bond motifs is 2. The molecule has 0 saturated heterocycles. The lowest BCUT2D eigenvalue weighted by atomic mass is 10.1. The Hall–Kier alpha value is -2.84. The van der Waals surface area contributed by atoms with Gasteiger partial charge in [-0.3, -0.25) is 4.79 Å². The SMILES string of the molecule is N#Cc1c(NC(=O)COc2ccc3ccccc3c2)sc2c1CCC2. The normalized spacial score (nSPS) is 12.6. The van der Waals surface area contributed by atoms with Crippen molar-refractivity contribution in [3.05, 3.63) is 58.5 Å². The number of rotatable bonds is 4. The van der Waals surface area contributed by atoms with Crippen LogP contribution in [0.5, 0.6) is 5.75 Å². The highest BCUT2D eigenvalue weighted by Gasteiger charge is 2.23. The minimum Gasteiger partial charge on any atom is -0.484 e. The Morgan fingerprint density at radius 1 is 1.20 bits per heavy atom. The molecule has 1 aromatic heterocycles. The molecule has 0 radical (unpaired) electrons. The number of nitrogens with zero attached hydrogens (tertiary/aromatic N) is 1. The largest absolute Gasteiger partial charge is 0.484 e. The zero-order valence-corrected chi connectivity index (χ0v) is 14.4. The third-order valence-electron chi connectivity index (χ3n) is 4.38. The average molecular weight is 348 g/mol. The third-order valence-corrected chi connectivity index (χ3v) is 5.58. The Balaban J connectivity index is 1.43. The van der Waals surface area contributed by atoms with Crippen molar-refractivity contribution in [3.63, 3.8) is 0 Å². The van der Waals surface area contributed by atoms with Crippen LogP contribution in [-0.4, -0.2) is 12.5 Å². The fourth-order valence-corrected chi connectivity index (χ4v) is 4.44. The van der Waals surface area contributed by atoms with Gasteiger partial charge in [0, 0.05) is 4.88 Å². The van der Waals surface area contributed by atoms with E-state index in [0.29, 0.717) is 16.3 Å². The molecule has 1 N–H and O–H groups in total. The van der Waals surface area contributed by atoms with Gasteiger partial charge in [0.25, 0.3) is 5.91 Å². The number of nitrogens with one attached hydrogen (secondary N) is 1. The fourth-order valence-electron chi connectivity index (χ4n) is 3.18. The quantitative estimate of drug-likeness (QED) is 0.765. The monoisotopic (exact) mass is 348 g/mol. The summed E-state index contributed by atoms with van der Waals surface area (Å²) in [6, 6.07) is 16.0. The van der Waals surface area contributed by atoms with Gasteiger partial charge in [-0.15, -0.1) is 11.3 Å². The molecule has 1 amide bonds. The van der Waals surface area contributed by atoms with Crippen molar-refractivity contribution in [1.29, 1.82) is 5.26 Å². The molecule has 4 nitrogen and oxygen atoms in total. The van der Waals surface area contributed by atoms with Gasteiger partial charge in [0.1, 0.15) is 16.8 Å². The number of carbonyl (C=O) groups is 1. The Morgan fingerprint density at radius 3 is 2.88 bits per heavy atom. The predicted octanol–water partition coefficient (Wildman–Crippen LogP) is 4.28. The number of hydrogen-bond donors (Lipinski definition) is 1. The van der Waals surface area contributed by atoms with Crippen LogP contribution in [-0.2, 0) is 17.6 Å². The smallest absolute Gasteiger partial charge is 0.262 e. The molecule has 0 unspecified atom stereocenters. The fraction of sp³-hybridized carbons (Fsp3) is 0.200. The highest BCUT2D eigenvalue weighted by atomic mass is 32.1. The van der Waals surface area contributed by atoms with E-state index in [2.05, 4.69) is 11.4 Å². The molecule has 1 heterocycles. The Kier molecular flexibility index (Phi) is 4.12. The van der Waals surface area contributed by atoms with E-state index in [-0.39, 0.29) is 12.5 Å². The standard InChI is InChI=1S/C20H16N2O2S/c21-11-17-16-6-3-7-18(16)25-20(17)22-19(23)12-24-15-9-8-13-4-1-2-5-14(13)10-15/h1-2,4-5,8-10H,3,6-7,12H2,(H,22,23). The van der Waals surface area contributed by atoms with Gasteiger partial charge in [0.15, 0.2) is 6.61 Å². The van der Waals surface area contributed by atoms with Crippen LogP contribution in [0.3, 0.4) is 0 Å². The number of carbonyl (C=O) groups excluding carboxylic acids is 1. The van der Waals surface area contributed by atoms with Gasteiger partial charge in [-0.2, -0.15) is 5.26 Å². The summed E-state index contributed by atoms with van der Waals surface area (Å²) in [5.41, 5.74) is 1.73. The first-order valence-electron chi connectivity index (χ1n) is 8.20. The lowest BCUT2D eigenvalue weighted by Gasteiger charge is -2.08. The van der Waals surface area contributed by atoms with Crippen LogP contribution in [0.2, 0.25) is 0 Å². The molecule has 4 rings (SSSR count). The van der Waals surface area contributed by atoms with Crippen LogP contribution in [0.25, 0.3) is 10.8 Å². The van der Waals surface area contributed by atoms with Crippen LogP contribution in [0.15, 0.2) is 42.5 Å². The van der Waals surface area contributed by atoms with E-state index in [1.807, 2.05) is 42.5 Å². The van der Waals surface area contributed by atoms with Gasteiger partial charge in [-0.25, -0.2) is 0 Å². The zero-order valence-electron chi connectivity index (χ0n) is 13.5. The number of ether oxygens (including phenoxy) is 1. The molecule has 0 bridgehead atoms. The summed E-state index contributed by atoms with van der Waals surface area (Å²) >= 11 is 1.52. The van der Waals surface area contributed by atoms with Crippen molar-refractivity contribution < 1.29 is 9.53 Å². The maximum absolute atomic E-state index is 12.2. The van der Waals surface area contributed by atoms with Gasteiger partial charge in [-0.1, -0.05) is 30.3 Å². The van der Waals surface area contributed by atoms with Gasteiger partial charge in [0.2, 0.25) is 0 Å². The van der Waals surface area contributed by atoms with E-state index in [1.165, 1.54) is 16.2 Å². The van der Waals surface area contributed by atoms with E-state index in [0.717, 1.165) is 35.6 Å². The lowest BCUT2D eigenvalue weighted by Crippen LogP contribution is -2.20. The molecule has 0 saturated carbocycles. The second-order valence-electron chi connectivity index (χ2n) is 6.02. The molecule has 5 heteroatoms. The third kappa shape index (κ3) is 3.09. The summed E-state index contributed by atoms with van der Waals surface area (Å²) in [5, 5.41) is 15.1. The maximum atomic E-state index is 12.2. The predicted molar refractivity (Wildman–Crippen MR) is 99.1 cm³/mol. The molecule has 0 fully saturated rings. The minimum atomic E-state index is -0.246. The highest BCUT2D eigenvalue weighted by molar-refractivity contribution is 7.16. The Bertz CT molecular complexity index is 1000. The lowest BCUT2D eigenvalue weighted by molar-refractivity contribution is -0.118. The number of anilines is 1. The molecule has 0 atom stereocenters. The first kappa shape index (κ1) is 15.7. The van der Waals surface area contributed by atoms with E-state index in [1.54, 1.807) is 0 Å². The first-order valence-corrected chi connectivity index (χ1v) is 9.02. The Morgan fingerprint density at radius 2 is 2.04 bits per heavy atom. The van der Waals surface area contributed by atoms with Crippen LogP contribution in [0.4, 0.5) is 5.00 Å². The van der Waals surface area contributed by atoms with Crippen LogP contribution in [0.1, 0.15) is 22.4 Å². The van der Waals surface area contributed by atoms with Crippen LogP contribution in [0, 0.1) is 11.3 Å². The highest BCUT2D eigenvalue weighted by Crippen LogP contribution is 2.38. The summed E-state index contributed by atoms with van der Waals surface area (Å²) in [6.45, 7) is -0.0776.